The van der Waals surface area contributed by atoms with Crippen LogP contribution in [0.15, 0.2) is 59.0 Å². The third kappa shape index (κ3) is 4.39. The van der Waals surface area contributed by atoms with E-state index in [-0.39, 0.29) is 5.71 Å². The number of anilines is 1. The molecule has 0 radical (unpaired) electrons. The molecule has 0 fully saturated rings. The van der Waals surface area contributed by atoms with Crippen LogP contribution in [0.3, 0.4) is 0 Å². The van der Waals surface area contributed by atoms with Crippen molar-refractivity contribution in [1.29, 1.82) is 5.26 Å². The first-order valence-corrected chi connectivity index (χ1v) is 9.14. The number of hydrogen-bond donors (Lipinski definition) is 1. The zero-order valence-electron chi connectivity index (χ0n) is 13.9. The van der Waals surface area contributed by atoms with Crippen LogP contribution in [0.2, 0.25) is 5.02 Å². The second kappa shape index (κ2) is 8.48. The molecule has 0 saturated heterocycles. The normalized spacial score (nSPS) is 11.0. The molecule has 0 bridgehead atoms. The van der Waals surface area contributed by atoms with Crippen LogP contribution in [0.1, 0.15) is 11.9 Å². The fourth-order valence-electron chi connectivity index (χ4n) is 2.17. The smallest absolute Gasteiger partial charge is 0.196 e. The molecule has 0 saturated carbocycles. The van der Waals surface area contributed by atoms with E-state index in [0.717, 1.165) is 22.7 Å². The molecule has 26 heavy (non-hydrogen) atoms. The number of halogens is 1. The van der Waals surface area contributed by atoms with E-state index < -0.39 is 0 Å². The van der Waals surface area contributed by atoms with Crippen LogP contribution in [-0.2, 0) is 0 Å². The van der Waals surface area contributed by atoms with E-state index in [1.165, 1.54) is 11.3 Å². The Kier molecular flexibility index (Phi) is 5.84. The van der Waals surface area contributed by atoms with Crippen molar-refractivity contribution in [1.82, 2.24) is 4.98 Å². The lowest BCUT2D eigenvalue weighted by atomic mass is 10.2. The van der Waals surface area contributed by atoms with Gasteiger partial charge >= 0.3 is 0 Å². The topological polar surface area (TPSA) is 70.3 Å². The molecule has 0 aliphatic heterocycles. The summed E-state index contributed by atoms with van der Waals surface area (Å²) in [6.07, 6.45) is 0. The number of nitrogens with one attached hydrogen (secondary N) is 1. The molecule has 2 aromatic carbocycles. The van der Waals surface area contributed by atoms with Gasteiger partial charge in [0.05, 0.1) is 18.0 Å². The number of benzene rings is 2. The Balaban J connectivity index is 1.77. The summed E-state index contributed by atoms with van der Waals surface area (Å²) in [5, 5.41) is 16.6. The number of nitrogens with zero attached hydrogens (tertiary/aromatic N) is 3. The van der Waals surface area contributed by atoms with Gasteiger partial charge in [0.15, 0.2) is 10.7 Å². The molecule has 0 aliphatic carbocycles. The first-order valence-electron chi connectivity index (χ1n) is 7.88. The van der Waals surface area contributed by atoms with Crippen molar-refractivity contribution in [3.05, 3.63) is 63.9 Å². The molecular weight excluding hydrogens is 368 g/mol. The Labute approximate surface area is 160 Å². The third-order valence-corrected chi connectivity index (χ3v) is 4.52. The molecule has 0 unspecified atom stereocenters. The Hall–Kier alpha value is -2.88. The Morgan fingerprint density at radius 3 is 2.62 bits per heavy atom. The molecule has 0 amide bonds. The van der Waals surface area contributed by atoms with Crippen molar-refractivity contribution in [2.24, 2.45) is 5.10 Å². The van der Waals surface area contributed by atoms with Gasteiger partial charge in [-0.15, -0.1) is 11.3 Å². The van der Waals surface area contributed by atoms with Gasteiger partial charge in [0.2, 0.25) is 0 Å². The zero-order chi connectivity index (χ0) is 18.4. The Morgan fingerprint density at radius 1 is 1.23 bits per heavy atom. The Morgan fingerprint density at radius 2 is 1.96 bits per heavy atom. The number of thiazole rings is 1. The quantitative estimate of drug-likeness (QED) is 0.469. The molecule has 3 rings (SSSR count). The van der Waals surface area contributed by atoms with Crippen molar-refractivity contribution in [2.75, 3.05) is 12.0 Å². The molecule has 0 spiro atoms. The minimum absolute atomic E-state index is 0.224. The average molecular weight is 383 g/mol. The van der Waals surface area contributed by atoms with Gasteiger partial charge in [0.1, 0.15) is 11.8 Å². The van der Waals surface area contributed by atoms with E-state index in [4.69, 9.17) is 16.3 Å². The summed E-state index contributed by atoms with van der Waals surface area (Å²) in [7, 11) is 0. The summed E-state index contributed by atoms with van der Waals surface area (Å²) < 4.78 is 5.44. The van der Waals surface area contributed by atoms with Crippen LogP contribution in [0.4, 0.5) is 5.69 Å². The molecular formula is C19H15ClN4OS. The van der Waals surface area contributed by atoms with Gasteiger partial charge in [-0.2, -0.15) is 10.4 Å². The minimum atomic E-state index is 0.224. The largest absolute Gasteiger partial charge is 0.494 e. The summed E-state index contributed by atoms with van der Waals surface area (Å²) in [6, 6.07) is 16.8. The summed E-state index contributed by atoms with van der Waals surface area (Å²) in [5.41, 5.74) is 5.57. The van der Waals surface area contributed by atoms with E-state index >= 15 is 0 Å². The predicted octanol–water partition coefficient (Wildman–Crippen LogP) is 5.20. The van der Waals surface area contributed by atoms with E-state index in [2.05, 4.69) is 21.6 Å². The molecule has 1 N–H and O–H groups in total. The molecule has 0 aliphatic rings. The fraction of sp³-hybridized carbons (Fsp3) is 0.105. The maximum absolute atomic E-state index is 9.39. The summed E-state index contributed by atoms with van der Waals surface area (Å²) in [5.74, 6) is 0.818. The van der Waals surface area contributed by atoms with Gasteiger partial charge in [-0.25, -0.2) is 4.98 Å². The number of ether oxygens (including phenoxy) is 1. The monoisotopic (exact) mass is 382 g/mol. The number of rotatable bonds is 6. The summed E-state index contributed by atoms with van der Waals surface area (Å²) >= 11 is 7.23. The van der Waals surface area contributed by atoms with E-state index in [0.29, 0.717) is 16.6 Å². The molecule has 130 valence electrons. The van der Waals surface area contributed by atoms with Gasteiger partial charge in [0, 0.05) is 16.0 Å². The van der Waals surface area contributed by atoms with Crippen LogP contribution in [-0.4, -0.2) is 17.3 Å². The van der Waals surface area contributed by atoms with E-state index in [1.54, 1.807) is 24.3 Å². The first kappa shape index (κ1) is 17.9. The van der Waals surface area contributed by atoms with Crippen molar-refractivity contribution in [3.63, 3.8) is 0 Å². The lowest BCUT2D eigenvalue weighted by Gasteiger charge is -2.03. The zero-order valence-corrected chi connectivity index (χ0v) is 15.5. The summed E-state index contributed by atoms with van der Waals surface area (Å²) in [4.78, 5) is 4.52. The van der Waals surface area contributed by atoms with Crippen molar-refractivity contribution < 1.29 is 4.74 Å². The molecule has 5 nitrogen and oxygen atoms in total. The van der Waals surface area contributed by atoms with Gasteiger partial charge in [-0.05, 0) is 55.5 Å². The van der Waals surface area contributed by atoms with Crippen molar-refractivity contribution in [2.45, 2.75) is 6.92 Å². The van der Waals surface area contributed by atoms with Crippen LogP contribution >= 0.6 is 22.9 Å². The van der Waals surface area contributed by atoms with Crippen LogP contribution in [0.25, 0.3) is 11.3 Å². The van der Waals surface area contributed by atoms with Crippen LogP contribution in [0, 0.1) is 11.3 Å². The molecule has 1 heterocycles. The number of nitriles is 1. The van der Waals surface area contributed by atoms with Gasteiger partial charge in [0.25, 0.3) is 0 Å². The van der Waals surface area contributed by atoms with E-state index in [9.17, 15) is 5.26 Å². The van der Waals surface area contributed by atoms with E-state index in [1.807, 2.05) is 36.6 Å². The Bertz CT molecular complexity index is 943. The first-order chi connectivity index (χ1) is 12.7. The van der Waals surface area contributed by atoms with Crippen molar-refractivity contribution in [3.8, 4) is 23.1 Å². The highest BCUT2D eigenvalue weighted by molar-refractivity contribution is 7.12. The lowest BCUT2D eigenvalue weighted by molar-refractivity contribution is 0.340. The third-order valence-electron chi connectivity index (χ3n) is 3.41. The second-order valence-corrected chi connectivity index (χ2v) is 6.48. The number of aromatic nitrogens is 1. The highest BCUT2D eigenvalue weighted by Crippen LogP contribution is 2.24. The molecule has 1 aromatic heterocycles. The number of hydrogen-bond acceptors (Lipinski definition) is 6. The summed E-state index contributed by atoms with van der Waals surface area (Å²) in [6.45, 7) is 2.57. The van der Waals surface area contributed by atoms with Gasteiger partial charge < -0.3 is 4.74 Å². The highest BCUT2D eigenvalue weighted by Gasteiger charge is 2.10. The van der Waals surface area contributed by atoms with Crippen LogP contribution < -0.4 is 10.2 Å². The lowest BCUT2D eigenvalue weighted by Crippen LogP contribution is -2.01. The SMILES string of the molecule is CCOc1ccc(-c2csc(/C(C#N)=N/Nc3ccc(Cl)cc3)n2)cc1. The molecule has 3 aromatic rings. The highest BCUT2D eigenvalue weighted by atomic mass is 35.5. The van der Waals surface area contributed by atoms with Crippen molar-refractivity contribution >= 4 is 34.3 Å². The number of hydrazone groups is 1. The average Bonchev–Trinajstić information content (AvgIpc) is 3.15. The maximum Gasteiger partial charge on any atom is 0.196 e. The van der Waals surface area contributed by atoms with Crippen LogP contribution in [0.5, 0.6) is 5.75 Å². The maximum atomic E-state index is 9.39. The fourth-order valence-corrected chi connectivity index (χ4v) is 3.06. The standard InChI is InChI=1S/C19H15ClN4OS/c1-2-25-16-9-3-13(4-10-16)18-12-26-19(22-18)17(11-21)24-23-15-7-5-14(20)6-8-15/h3-10,12,23H,2H2,1H3/b24-17+. The molecule has 0 atom stereocenters. The van der Waals surface area contributed by atoms with Gasteiger partial charge in [-0.3, -0.25) is 5.43 Å². The van der Waals surface area contributed by atoms with Gasteiger partial charge in [-0.1, -0.05) is 11.6 Å². The predicted molar refractivity (Wildman–Crippen MR) is 106 cm³/mol. The molecule has 7 heteroatoms. The second-order valence-electron chi connectivity index (χ2n) is 5.19. The minimum Gasteiger partial charge on any atom is -0.494 e.